The molecule has 1 aromatic heterocycles. The average molecular weight is 193 g/mol. The van der Waals surface area contributed by atoms with E-state index in [1.165, 1.54) is 4.70 Å². The van der Waals surface area contributed by atoms with E-state index < -0.39 is 6.10 Å². The zero-order valence-electron chi connectivity index (χ0n) is 7.10. The van der Waals surface area contributed by atoms with Gasteiger partial charge in [-0.05, 0) is 16.8 Å². The Labute approximate surface area is 80.6 Å². The zero-order valence-corrected chi connectivity index (χ0v) is 7.92. The van der Waals surface area contributed by atoms with Crippen LogP contribution in [0, 0.1) is 0 Å². The van der Waals surface area contributed by atoms with Crippen molar-refractivity contribution in [2.45, 2.75) is 6.10 Å². The van der Waals surface area contributed by atoms with Crippen molar-refractivity contribution in [2.24, 2.45) is 5.73 Å². The van der Waals surface area contributed by atoms with Crippen LogP contribution in [0.1, 0.15) is 11.7 Å². The van der Waals surface area contributed by atoms with Gasteiger partial charge in [-0.1, -0.05) is 18.2 Å². The molecule has 68 valence electrons. The normalized spacial score (nSPS) is 13.4. The topological polar surface area (TPSA) is 46.2 Å². The molecule has 2 rings (SSSR count). The van der Waals surface area contributed by atoms with Gasteiger partial charge < -0.3 is 10.8 Å². The molecule has 13 heavy (non-hydrogen) atoms. The van der Waals surface area contributed by atoms with Gasteiger partial charge in [0.2, 0.25) is 0 Å². The first-order valence-corrected chi connectivity index (χ1v) is 5.05. The highest BCUT2D eigenvalue weighted by Crippen LogP contribution is 2.29. The van der Waals surface area contributed by atoms with Gasteiger partial charge in [0.05, 0.1) is 6.10 Å². The molecule has 2 aromatic rings. The second-order valence-corrected chi connectivity index (χ2v) is 3.85. The lowest BCUT2D eigenvalue weighted by Gasteiger charge is -2.05. The molecule has 3 N–H and O–H groups in total. The lowest BCUT2D eigenvalue weighted by Crippen LogP contribution is -2.10. The van der Waals surface area contributed by atoms with Crippen molar-refractivity contribution in [3.05, 3.63) is 35.2 Å². The third-order valence-corrected chi connectivity index (χ3v) is 3.07. The summed E-state index contributed by atoms with van der Waals surface area (Å²) in [5.41, 5.74) is 6.36. The van der Waals surface area contributed by atoms with Crippen LogP contribution in [0.4, 0.5) is 0 Å². The Kier molecular flexibility index (Phi) is 2.31. The Bertz CT molecular complexity index is 410. The molecular formula is C10H11NOS. The number of hydrogen-bond donors (Lipinski definition) is 2. The van der Waals surface area contributed by atoms with Crippen molar-refractivity contribution < 1.29 is 5.11 Å². The highest BCUT2D eigenvalue weighted by molar-refractivity contribution is 7.17. The second kappa shape index (κ2) is 3.46. The van der Waals surface area contributed by atoms with Crippen molar-refractivity contribution in [1.82, 2.24) is 0 Å². The molecule has 1 unspecified atom stereocenters. The molecule has 0 aliphatic carbocycles. The van der Waals surface area contributed by atoms with E-state index in [1.54, 1.807) is 11.3 Å². The van der Waals surface area contributed by atoms with Crippen LogP contribution < -0.4 is 5.73 Å². The molecule has 0 aliphatic rings. The molecule has 0 amide bonds. The van der Waals surface area contributed by atoms with Gasteiger partial charge in [-0.2, -0.15) is 0 Å². The maximum atomic E-state index is 9.60. The third kappa shape index (κ3) is 1.46. The van der Waals surface area contributed by atoms with E-state index in [9.17, 15) is 5.11 Å². The van der Waals surface area contributed by atoms with Gasteiger partial charge >= 0.3 is 0 Å². The second-order valence-electron chi connectivity index (χ2n) is 2.94. The molecule has 0 saturated carbocycles. The van der Waals surface area contributed by atoms with Gasteiger partial charge in [-0.15, -0.1) is 11.3 Å². The van der Waals surface area contributed by atoms with Crippen molar-refractivity contribution in [1.29, 1.82) is 0 Å². The van der Waals surface area contributed by atoms with Gasteiger partial charge in [0.15, 0.2) is 0 Å². The maximum Gasteiger partial charge on any atom is 0.0926 e. The standard InChI is InChI=1S/C10H11NOS/c11-5-9(12)8-6-13-10-4-2-1-3-7(8)10/h1-4,6,9,12H,5,11H2. The lowest BCUT2D eigenvalue weighted by atomic mass is 10.1. The molecule has 0 spiro atoms. The third-order valence-electron chi connectivity index (χ3n) is 2.09. The van der Waals surface area contributed by atoms with E-state index >= 15 is 0 Å². The summed E-state index contributed by atoms with van der Waals surface area (Å²) in [5.74, 6) is 0. The summed E-state index contributed by atoms with van der Waals surface area (Å²) < 4.78 is 1.20. The number of thiophene rings is 1. The monoisotopic (exact) mass is 193 g/mol. The molecule has 0 aliphatic heterocycles. The Morgan fingerprint density at radius 3 is 2.92 bits per heavy atom. The zero-order chi connectivity index (χ0) is 9.26. The van der Waals surface area contributed by atoms with Crippen LogP contribution in [-0.4, -0.2) is 11.7 Å². The van der Waals surface area contributed by atoms with E-state index in [0.29, 0.717) is 0 Å². The SMILES string of the molecule is NCC(O)c1csc2ccccc12. The minimum absolute atomic E-state index is 0.278. The highest BCUT2D eigenvalue weighted by atomic mass is 32.1. The first-order chi connectivity index (χ1) is 6.33. The number of rotatable bonds is 2. The van der Waals surface area contributed by atoms with Crippen LogP contribution in [0.3, 0.4) is 0 Å². The van der Waals surface area contributed by atoms with E-state index in [2.05, 4.69) is 0 Å². The Balaban J connectivity index is 2.57. The molecule has 0 saturated heterocycles. The van der Waals surface area contributed by atoms with Crippen LogP contribution in [0.5, 0.6) is 0 Å². The summed E-state index contributed by atoms with van der Waals surface area (Å²) in [6, 6.07) is 8.03. The Hall–Kier alpha value is -0.900. The number of aliphatic hydroxyl groups is 1. The molecule has 1 heterocycles. The number of nitrogens with two attached hydrogens (primary N) is 1. The summed E-state index contributed by atoms with van der Waals surface area (Å²) in [7, 11) is 0. The highest BCUT2D eigenvalue weighted by Gasteiger charge is 2.10. The van der Waals surface area contributed by atoms with Gasteiger partial charge in [0.1, 0.15) is 0 Å². The first kappa shape index (κ1) is 8.69. The summed E-state index contributed by atoms with van der Waals surface area (Å²) in [5, 5.41) is 12.7. The van der Waals surface area contributed by atoms with E-state index in [1.807, 2.05) is 29.6 Å². The molecule has 1 atom stereocenters. The number of benzene rings is 1. The summed E-state index contributed by atoms with van der Waals surface area (Å²) in [4.78, 5) is 0. The van der Waals surface area contributed by atoms with Crippen LogP contribution in [0.2, 0.25) is 0 Å². The molecule has 1 aromatic carbocycles. The number of aliphatic hydroxyl groups excluding tert-OH is 1. The lowest BCUT2D eigenvalue weighted by molar-refractivity contribution is 0.188. The van der Waals surface area contributed by atoms with Crippen LogP contribution >= 0.6 is 11.3 Å². The molecule has 0 fully saturated rings. The van der Waals surface area contributed by atoms with Crippen LogP contribution in [-0.2, 0) is 0 Å². The van der Waals surface area contributed by atoms with E-state index in [4.69, 9.17) is 5.73 Å². The Morgan fingerprint density at radius 2 is 2.15 bits per heavy atom. The van der Waals surface area contributed by atoms with Crippen molar-refractivity contribution in [2.75, 3.05) is 6.54 Å². The first-order valence-electron chi connectivity index (χ1n) is 4.17. The van der Waals surface area contributed by atoms with E-state index in [-0.39, 0.29) is 6.54 Å². The van der Waals surface area contributed by atoms with Crippen LogP contribution in [0.15, 0.2) is 29.6 Å². The average Bonchev–Trinajstić information content (AvgIpc) is 2.60. The van der Waals surface area contributed by atoms with Gasteiger partial charge in [0.25, 0.3) is 0 Å². The minimum Gasteiger partial charge on any atom is -0.387 e. The van der Waals surface area contributed by atoms with Gasteiger partial charge in [-0.25, -0.2) is 0 Å². The fourth-order valence-corrected chi connectivity index (χ4v) is 2.39. The quantitative estimate of drug-likeness (QED) is 0.765. The molecule has 0 radical (unpaired) electrons. The minimum atomic E-state index is -0.531. The summed E-state index contributed by atoms with van der Waals surface area (Å²) in [6.45, 7) is 0.278. The summed E-state index contributed by atoms with van der Waals surface area (Å²) >= 11 is 1.64. The molecule has 0 bridgehead atoms. The fourth-order valence-electron chi connectivity index (χ4n) is 1.38. The predicted molar refractivity (Wildman–Crippen MR) is 55.8 cm³/mol. The van der Waals surface area contributed by atoms with Gasteiger partial charge in [-0.3, -0.25) is 0 Å². The van der Waals surface area contributed by atoms with Crippen molar-refractivity contribution in [3.8, 4) is 0 Å². The largest absolute Gasteiger partial charge is 0.387 e. The summed E-state index contributed by atoms with van der Waals surface area (Å²) in [6.07, 6.45) is -0.531. The fraction of sp³-hybridized carbons (Fsp3) is 0.200. The van der Waals surface area contributed by atoms with E-state index in [0.717, 1.165) is 10.9 Å². The molecule has 3 heteroatoms. The van der Waals surface area contributed by atoms with Crippen LogP contribution in [0.25, 0.3) is 10.1 Å². The smallest absolute Gasteiger partial charge is 0.0926 e. The Morgan fingerprint density at radius 1 is 1.38 bits per heavy atom. The van der Waals surface area contributed by atoms with Gasteiger partial charge in [0, 0.05) is 16.8 Å². The van der Waals surface area contributed by atoms with Crippen molar-refractivity contribution in [3.63, 3.8) is 0 Å². The molecule has 2 nitrogen and oxygen atoms in total. The predicted octanol–water partition coefficient (Wildman–Crippen LogP) is 1.89. The number of hydrogen-bond acceptors (Lipinski definition) is 3. The maximum absolute atomic E-state index is 9.60. The number of fused-ring (bicyclic) bond motifs is 1. The van der Waals surface area contributed by atoms with Crippen molar-refractivity contribution >= 4 is 21.4 Å². The molecular weight excluding hydrogens is 182 g/mol.